The third kappa shape index (κ3) is 3.34. The smallest absolute Gasteiger partial charge is 0.407 e. The van der Waals surface area contributed by atoms with Crippen LogP contribution in [0, 0.1) is 5.41 Å². The summed E-state index contributed by atoms with van der Waals surface area (Å²) < 4.78 is 11.4. The number of carbonyl (C=O) groups excluding carboxylic acids is 1. The molecule has 1 aliphatic rings. The number of ether oxygens (including phenoxy) is 2. The van der Waals surface area contributed by atoms with Crippen LogP contribution >= 0.6 is 28.3 Å². The highest BCUT2D eigenvalue weighted by atomic mass is 79.9. The maximum absolute atomic E-state index is 11.4. The van der Waals surface area contributed by atoms with Gasteiger partial charge < -0.3 is 14.8 Å². The number of methoxy groups -OCH3 is 1. The van der Waals surface area contributed by atoms with E-state index >= 15 is 0 Å². The number of amides is 1. The number of rotatable bonds is 2. The summed E-state index contributed by atoms with van der Waals surface area (Å²) in [6.45, 7) is 4.49. The van der Waals surface area contributed by atoms with Crippen molar-refractivity contribution in [3.05, 3.63) is 28.2 Å². The van der Waals surface area contributed by atoms with Gasteiger partial charge in [-0.1, -0.05) is 29.8 Å². The lowest BCUT2D eigenvalue weighted by atomic mass is 9.80. The summed E-state index contributed by atoms with van der Waals surface area (Å²) in [6, 6.07) is 5.64. The maximum Gasteiger partial charge on any atom is 0.407 e. The Kier molecular flexibility index (Phi) is 5.10. The molecule has 1 aliphatic heterocycles. The Labute approximate surface area is 127 Å². The Morgan fingerprint density at radius 3 is 2.79 bits per heavy atom. The van der Waals surface area contributed by atoms with Gasteiger partial charge in [-0.15, -0.1) is 12.4 Å². The Morgan fingerprint density at radius 1 is 1.47 bits per heavy atom. The Balaban J connectivity index is 0.00000180. The number of hydrogen-bond donors (Lipinski definition) is 1. The molecule has 1 aromatic rings. The summed E-state index contributed by atoms with van der Waals surface area (Å²) in [7, 11) is 1.63. The monoisotopic (exact) mass is 349 g/mol. The molecule has 1 saturated heterocycles. The van der Waals surface area contributed by atoms with Crippen LogP contribution in [0.15, 0.2) is 22.7 Å². The van der Waals surface area contributed by atoms with Crippen LogP contribution in [0.3, 0.4) is 0 Å². The molecule has 19 heavy (non-hydrogen) atoms. The van der Waals surface area contributed by atoms with Gasteiger partial charge in [-0.3, -0.25) is 0 Å². The molecular formula is C13H17BrClNO3. The van der Waals surface area contributed by atoms with Gasteiger partial charge in [0.15, 0.2) is 0 Å². The van der Waals surface area contributed by atoms with Gasteiger partial charge in [0.05, 0.1) is 13.2 Å². The molecule has 0 aliphatic carbocycles. The number of alkyl carbamates (subject to hydrolysis) is 1. The predicted octanol–water partition coefficient (Wildman–Crippen LogP) is 3.69. The van der Waals surface area contributed by atoms with Crippen molar-refractivity contribution in [3.8, 4) is 5.75 Å². The average Bonchev–Trinajstić information content (AvgIpc) is 2.32. The largest absolute Gasteiger partial charge is 0.496 e. The van der Waals surface area contributed by atoms with Crippen LogP contribution in [-0.4, -0.2) is 19.8 Å². The summed E-state index contributed by atoms with van der Waals surface area (Å²) in [5.41, 5.74) is 0.760. The second kappa shape index (κ2) is 6.01. The van der Waals surface area contributed by atoms with Crippen LogP contribution < -0.4 is 10.1 Å². The average molecular weight is 351 g/mol. The molecule has 0 saturated carbocycles. The fourth-order valence-corrected chi connectivity index (χ4v) is 2.50. The van der Waals surface area contributed by atoms with E-state index in [1.807, 2.05) is 18.2 Å². The molecule has 0 spiro atoms. The third-order valence-electron chi connectivity index (χ3n) is 3.12. The lowest BCUT2D eigenvalue weighted by Crippen LogP contribution is -2.47. The second-order valence-corrected chi connectivity index (χ2v) is 5.94. The molecule has 1 amide bonds. The fourth-order valence-electron chi connectivity index (χ4n) is 2.12. The van der Waals surface area contributed by atoms with Gasteiger partial charge in [-0.2, -0.15) is 0 Å². The minimum absolute atomic E-state index is 0. The fraction of sp³-hybridized carbons (Fsp3) is 0.462. The third-order valence-corrected chi connectivity index (χ3v) is 3.61. The van der Waals surface area contributed by atoms with Crippen molar-refractivity contribution >= 4 is 34.4 Å². The summed E-state index contributed by atoms with van der Waals surface area (Å²) in [5, 5.41) is 2.86. The van der Waals surface area contributed by atoms with Gasteiger partial charge in [0.2, 0.25) is 0 Å². The van der Waals surface area contributed by atoms with Crippen LogP contribution in [0.2, 0.25) is 0 Å². The molecule has 6 heteroatoms. The highest BCUT2D eigenvalue weighted by Gasteiger charge is 2.39. The van der Waals surface area contributed by atoms with Gasteiger partial charge in [-0.05, 0) is 18.2 Å². The molecule has 1 N–H and O–H groups in total. The van der Waals surface area contributed by atoms with Crippen LogP contribution in [0.25, 0.3) is 0 Å². The van der Waals surface area contributed by atoms with Crippen molar-refractivity contribution in [2.75, 3.05) is 13.7 Å². The molecule has 4 nitrogen and oxygen atoms in total. The van der Waals surface area contributed by atoms with Gasteiger partial charge in [0.25, 0.3) is 0 Å². The molecule has 2 rings (SSSR count). The molecule has 1 atom stereocenters. The van der Waals surface area contributed by atoms with Crippen molar-refractivity contribution in [3.63, 3.8) is 0 Å². The first-order chi connectivity index (χ1) is 8.44. The number of cyclic esters (lactones) is 1. The van der Waals surface area contributed by atoms with Gasteiger partial charge in [-0.25, -0.2) is 4.79 Å². The zero-order valence-electron chi connectivity index (χ0n) is 11.0. The van der Waals surface area contributed by atoms with E-state index in [1.165, 1.54) is 0 Å². The normalized spacial score (nSPS) is 20.8. The molecule has 0 unspecified atom stereocenters. The topological polar surface area (TPSA) is 47.6 Å². The number of benzene rings is 1. The molecular weight excluding hydrogens is 334 g/mol. The van der Waals surface area contributed by atoms with E-state index in [0.29, 0.717) is 6.61 Å². The first kappa shape index (κ1) is 16.1. The summed E-state index contributed by atoms with van der Waals surface area (Å²) >= 11 is 3.45. The van der Waals surface area contributed by atoms with Crippen molar-refractivity contribution < 1.29 is 14.3 Å². The van der Waals surface area contributed by atoms with E-state index in [2.05, 4.69) is 35.1 Å². The van der Waals surface area contributed by atoms with Crippen LogP contribution in [0.5, 0.6) is 5.75 Å². The predicted molar refractivity (Wildman–Crippen MR) is 78.9 cm³/mol. The van der Waals surface area contributed by atoms with E-state index in [0.717, 1.165) is 15.8 Å². The molecule has 106 valence electrons. The van der Waals surface area contributed by atoms with E-state index in [4.69, 9.17) is 9.47 Å². The van der Waals surface area contributed by atoms with Crippen molar-refractivity contribution in [1.82, 2.24) is 5.32 Å². The second-order valence-electron chi connectivity index (χ2n) is 5.03. The number of halogens is 2. The van der Waals surface area contributed by atoms with E-state index < -0.39 is 0 Å². The van der Waals surface area contributed by atoms with Crippen LogP contribution in [0.1, 0.15) is 25.5 Å². The highest BCUT2D eigenvalue weighted by molar-refractivity contribution is 9.10. The zero-order valence-corrected chi connectivity index (χ0v) is 13.4. The lowest BCUT2D eigenvalue weighted by molar-refractivity contribution is 0.0381. The van der Waals surface area contributed by atoms with Crippen LogP contribution in [0.4, 0.5) is 4.79 Å². The van der Waals surface area contributed by atoms with Crippen molar-refractivity contribution in [2.45, 2.75) is 19.9 Å². The molecule has 1 fully saturated rings. The van der Waals surface area contributed by atoms with Gasteiger partial charge in [0, 0.05) is 15.5 Å². The van der Waals surface area contributed by atoms with E-state index in [9.17, 15) is 4.79 Å². The van der Waals surface area contributed by atoms with Crippen molar-refractivity contribution in [2.24, 2.45) is 5.41 Å². The van der Waals surface area contributed by atoms with E-state index in [1.54, 1.807) is 7.11 Å². The van der Waals surface area contributed by atoms with Crippen LogP contribution in [-0.2, 0) is 4.74 Å². The minimum Gasteiger partial charge on any atom is -0.496 e. The summed E-state index contributed by atoms with van der Waals surface area (Å²) in [5.74, 6) is 0.762. The number of carbonyl (C=O) groups is 1. The summed E-state index contributed by atoms with van der Waals surface area (Å²) in [4.78, 5) is 11.4. The SMILES string of the molecule is COc1ccc(Br)cc1[C@H]1NC(=O)OCC1(C)C.Cl. The molecule has 0 aromatic heterocycles. The molecule has 1 heterocycles. The molecule has 0 bridgehead atoms. The first-order valence-electron chi connectivity index (χ1n) is 5.71. The van der Waals surface area contributed by atoms with E-state index in [-0.39, 0.29) is 30.0 Å². The van der Waals surface area contributed by atoms with Gasteiger partial charge in [0.1, 0.15) is 12.4 Å². The minimum atomic E-state index is -0.388. The Morgan fingerprint density at radius 2 is 2.16 bits per heavy atom. The maximum atomic E-state index is 11.4. The highest BCUT2D eigenvalue weighted by Crippen LogP contribution is 2.41. The quantitative estimate of drug-likeness (QED) is 0.885. The number of nitrogens with one attached hydrogen (secondary N) is 1. The van der Waals surface area contributed by atoms with Gasteiger partial charge >= 0.3 is 6.09 Å². The molecule has 0 radical (unpaired) electrons. The first-order valence-corrected chi connectivity index (χ1v) is 6.50. The molecule has 1 aromatic carbocycles. The Hall–Kier alpha value is -0.940. The number of hydrogen-bond acceptors (Lipinski definition) is 3. The Bertz CT molecular complexity index is 479. The zero-order chi connectivity index (χ0) is 13.3. The van der Waals surface area contributed by atoms with Crippen molar-refractivity contribution in [1.29, 1.82) is 0 Å². The lowest BCUT2D eigenvalue weighted by Gasteiger charge is -2.39. The standard InChI is InChI=1S/C13H16BrNO3.ClH/c1-13(2)7-18-12(16)15-11(13)9-6-8(14)4-5-10(9)17-3;/h4-6,11H,7H2,1-3H3,(H,15,16);1H/t11-;/m1./s1. The summed E-state index contributed by atoms with van der Waals surface area (Å²) in [6.07, 6.45) is -0.388.